The van der Waals surface area contributed by atoms with Crippen LogP contribution in [0.5, 0.6) is 0 Å². The summed E-state index contributed by atoms with van der Waals surface area (Å²) in [5.41, 5.74) is 0.444. The van der Waals surface area contributed by atoms with E-state index in [0.29, 0.717) is 17.5 Å². The highest BCUT2D eigenvalue weighted by molar-refractivity contribution is 7.11. The molecule has 1 aromatic heterocycles. The molecule has 17 heavy (non-hydrogen) atoms. The van der Waals surface area contributed by atoms with Gasteiger partial charge < -0.3 is 5.32 Å². The van der Waals surface area contributed by atoms with Crippen molar-refractivity contribution in [2.75, 3.05) is 0 Å². The number of rotatable bonds is 4. The van der Waals surface area contributed by atoms with Crippen molar-refractivity contribution in [3.63, 3.8) is 0 Å². The maximum atomic E-state index is 4.53. The zero-order chi connectivity index (χ0) is 12.5. The predicted octanol–water partition coefficient (Wildman–Crippen LogP) is 3.93. The van der Waals surface area contributed by atoms with Crippen LogP contribution in [0.25, 0.3) is 0 Å². The lowest BCUT2D eigenvalue weighted by molar-refractivity contribution is 0.266. The fourth-order valence-corrected chi connectivity index (χ4v) is 3.56. The Morgan fingerprint density at radius 3 is 2.88 bits per heavy atom. The maximum absolute atomic E-state index is 4.53. The first kappa shape index (κ1) is 13.0. The number of nitrogens with one attached hydrogen (secondary N) is 1. The fraction of sp³-hybridized carbons (Fsp3) is 0.786. The fourth-order valence-electron chi connectivity index (χ4n) is 2.70. The number of nitrogens with zero attached hydrogens (tertiary/aromatic N) is 1. The number of thiazole rings is 1. The first-order chi connectivity index (χ1) is 8.03. The second-order valence-electron chi connectivity index (χ2n) is 5.84. The van der Waals surface area contributed by atoms with Crippen LogP contribution in [-0.4, -0.2) is 11.0 Å². The van der Waals surface area contributed by atoms with Crippen molar-refractivity contribution in [1.29, 1.82) is 0 Å². The molecule has 2 unspecified atom stereocenters. The zero-order valence-electron chi connectivity index (χ0n) is 11.4. The Labute approximate surface area is 109 Å². The van der Waals surface area contributed by atoms with Gasteiger partial charge in [0, 0.05) is 17.1 Å². The van der Waals surface area contributed by atoms with Crippen molar-refractivity contribution in [3.05, 3.63) is 16.1 Å². The van der Waals surface area contributed by atoms with Gasteiger partial charge in [-0.2, -0.15) is 0 Å². The first-order valence-electron chi connectivity index (χ1n) is 6.73. The third-order valence-corrected chi connectivity index (χ3v) is 5.32. The van der Waals surface area contributed by atoms with Crippen molar-refractivity contribution in [3.8, 4) is 0 Å². The SMILES string of the molecule is CCc1cnc(C(C)NC2CCCC2(C)C)s1. The summed E-state index contributed by atoms with van der Waals surface area (Å²) in [6.07, 6.45) is 7.13. The van der Waals surface area contributed by atoms with Crippen LogP contribution in [0.15, 0.2) is 6.20 Å². The van der Waals surface area contributed by atoms with E-state index in [-0.39, 0.29) is 0 Å². The van der Waals surface area contributed by atoms with Gasteiger partial charge in [-0.05, 0) is 31.6 Å². The quantitative estimate of drug-likeness (QED) is 0.878. The summed E-state index contributed by atoms with van der Waals surface area (Å²) in [6, 6.07) is 1.04. The minimum atomic E-state index is 0.391. The molecule has 0 saturated heterocycles. The summed E-state index contributed by atoms with van der Waals surface area (Å²) in [6.45, 7) is 9.19. The van der Waals surface area contributed by atoms with E-state index in [2.05, 4.69) is 38.0 Å². The lowest BCUT2D eigenvalue weighted by atomic mass is 9.87. The van der Waals surface area contributed by atoms with Gasteiger partial charge >= 0.3 is 0 Å². The Kier molecular flexibility index (Phi) is 3.88. The molecule has 1 fully saturated rings. The summed E-state index contributed by atoms with van der Waals surface area (Å²) < 4.78 is 0. The van der Waals surface area contributed by atoms with E-state index >= 15 is 0 Å². The zero-order valence-corrected chi connectivity index (χ0v) is 12.2. The van der Waals surface area contributed by atoms with Crippen LogP contribution >= 0.6 is 11.3 Å². The Morgan fingerprint density at radius 1 is 1.59 bits per heavy atom. The first-order valence-corrected chi connectivity index (χ1v) is 7.55. The van der Waals surface area contributed by atoms with Gasteiger partial charge in [0.05, 0.1) is 6.04 Å². The molecule has 2 rings (SSSR count). The van der Waals surface area contributed by atoms with Crippen LogP contribution in [-0.2, 0) is 6.42 Å². The van der Waals surface area contributed by atoms with E-state index in [4.69, 9.17) is 0 Å². The van der Waals surface area contributed by atoms with Crippen molar-refractivity contribution in [2.24, 2.45) is 5.41 Å². The molecule has 2 atom stereocenters. The highest BCUT2D eigenvalue weighted by Gasteiger charge is 2.35. The summed E-state index contributed by atoms with van der Waals surface area (Å²) in [7, 11) is 0. The molecule has 0 spiro atoms. The average molecular weight is 252 g/mol. The van der Waals surface area contributed by atoms with Crippen LogP contribution in [0, 0.1) is 5.41 Å². The monoisotopic (exact) mass is 252 g/mol. The normalized spacial score (nSPS) is 25.1. The van der Waals surface area contributed by atoms with Crippen LogP contribution in [0.2, 0.25) is 0 Å². The number of aromatic nitrogens is 1. The molecule has 0 amide bonds. The topological polar surface area (TPSA) is 24.9 Å². The standard InChI is InChI=1S/C14H24N2S/c1-5-11-9-15-13(17-11)10(2)16-12-7-6-8-14(12,3)4/h9-10,12,16H,5-8H2,1-4H3. The van der Waals surface area contributed by atoms with Crippen molar-refractivity contribution < 1.29 is 0 Å². The molecule has 0 bridgehead atoms. The molecular formula is C14H24N2S. The number of hydrogen-bond donors (Lipinski definition) is 1. The highest BCUT2D eigenvalue weighted by Crippen LogP contribution is 2.38. The van der Waals surface area contributed by atoms with Crippen molar-refractivity contribution in [1.82, 2.24) is 10.3 Å². The minimum Gasteiger partial charge on any atom is -0.305 e. The Morgan fingerprint density at radius 2 is 2.35 bits per heavy atom. The molecule has 0 aliphatic heterocycles. The molecule has 96 valence electrons. The summed E-state index contributed by atoms with van der Waals surface area (Å²) in [5.74, 6) is 0. The molecule has 0 radical (unpaired) electrons. The Hall–Kier alpha value is -0.410. The maximum Gasteiger partial charge on any atom is 0.109 e. The van der Waals surface area contributed by atoms with Crippen LogP contribution in [0.3, 0.4) is 0 Å². The van der Waals surface area contributed by atoms with Gasteiger partial charge in [0.25, 0.3) is 0 Å². The van der Waals surface area contributed by atoms with E-state index in [1.165, 1.54) is 29.1 Å². The van der Waals surface area contributed by atoms with Gasteiger partial charge in [0.1, 0.15) is 5.01 Å². The predicted molar refractivity (Wildman–Crippen MR) is 74.5 cm³/mol. The van der Waals surface area contributed by atoms with Gasteiger partial charge in [0.15, 0.2) is 0 Å². The molecule has 1 N–H and O–H groups in total. The van der Waals surface area contributed by atoms with Crippen LogP contribution in [0.1, 0.15) is 62.9 Å². The smallest absolute Gasteiger partial charge is 0.109 e. The third kappa shape index (κ3) is 2.89. The molecule has 1 aliphatic rings. The van der Waals surface area contributed by atoms with Gasteiger partial charge in [0.2, 0.25) is 0 Å². The van der Waals surface area contributed by atoms with E-state index in [1.807, 2.05) is 17.5 Å². The number of aryl methyl sites for hydroxylation is 1. The third-order valence-electron chi connectivity index (χ3n) is 4.00. The van der Waals surface area contributed by atoms with Gasteiger partial charge in [-0.15, -0.1) is 11.3 Å². The average Bonchev–Trinajstić information content (AvgIpc) is 2.86. The van der Waals surface area contributed by atoms with E-state index < -0.39 is 0 Å². The van der Waals surface area contributed by atoms with E-state index in [9.17, 15) is 0 Å². The molecule has 1 aromatic rings. The summed E-state index contributed by atoms with van der Waals surface area (Å²) in [4.78, 5) is 5.92. The van der Waals surface area contributed by atoms with Gasteiger partial charge in [-0.3, -0.25) is 0 Å². The molecule has 2 nitrogen and oxygen atoms in total. The lowest BCUT2D eigenvalue weighted by Gasteiger charge is -2.30. The van der Waals surface area contributed by atoms with E-state index in [1.54, 1.807) is 0 Å². The van der Waals surface area contributed by atoms with Crippen molar-refractivity contribution >= 4 is 11.3 Å². The largest absolute Gasteiger partial charge is 0.305 e. The van der Waals surface area contributed by atoms with Gasteiger partial charge in [-0.1, -0.05) is 27.2 Å². The summed E-state index contributed by atoms with van der Waals surface area (Å²) in [5, 5.41) is 5.01. The Balaban J connectivity index is 1.99. The summed E-state index contributed by atoms with van der Waals surface area (Å²) >= 11 is 1.85. The van der Waals surface area contributed by atoms with Crippen molar-refractivity contribution in [2.45, 2.75) is 65.5 Å². The van der Waals surface area contributed by atoms with E-state index in [0.717, 1.165) is 6.42 Å². The van der Waals surface area contributed by atoms with Gasteiger partial charge in [-0.25, -0.2) is 4.98 Å². The lowest BCUT2D eigenvalue weighted by Crippen LogP contribution is -2.39. The highest BCUT2D eigenvalue weighted by atomic mass is 32.1. The molecule has 1 aliphatic carbocycles. The van der Waals surface area contributed by atoms with Crippen LogP contribution in [0.4, 0.5) is 0 Å². The molecular weight excluding hydrogens is 228 g/mol. The van der Waals surface area contributed by atoms with Crippen LogP contribution < -0.4 is 5.32 Å². The molecule has 0 aromatic carbocycles. The molecule has 1 saturated carbocycles. The number of hydrogen-bond acceptors (Lipinski definition) is 3. The molecule has 3 heteroatoms. The Bertz CT molecular complexity index is 370. The minimum absolute atomic E-state index is 0.391. The second kappa shape index (κ2) is 5.07. The molecule has 1 heterocycles. The second-order valence-corrected chi connectivity index (χ2v) is 6.99.